The Morgan fingerprint density at radius 1 is 1.28 bits per heavy atom. The molecule has 134 valence electrons. The zero-order chi connectivity index (χ0) is 18.0. The smallest absolute Gasteiger partial charge is 0.256 e. The fraction of sp³-hybridized carbons (Fsp3) is 0.474. The number of nitrogens with zero attached hydrogens (tertiary/aromatic N) is 2. The molecule has 1 aliphatic rings. The Labute approximate surface area is 152 Å². The van der Waals surface area contributed by atoms with Gasteiger partial charge in [-0.2, -0.15) is 5.10 Å². The molecule has 3 rings (SSSR count). The first-order valence-corrected chi connectivity index (χ1v) is 9.10. The highest BCUT2D eigenvalue weighted by Gasteiger charge is 2.25. The lowest BCUT2D eigenvalue weighted by Gasteiger charge is -2.26. The Balaban J connectivity index is 1.72. The van der Waals surface area contributed by atoms with Gasteiger partial charge in [-0.15, -0.1) is 0 Å². The van der Waals surface area contributed by atoms with Crippen molar-refractivity contribution >= 4 is 17.5 Å². The van der Waals surface area contributed by atoms with Crippen molar-refractivity contribution in [2.45, 2.75) is 52.1 Å². The SMILES string of the molecule is Cc1nn(Cc2ccc(F)cc2)c(Cl)c1C(=O)NC1CCC(C)CC1. The summed E-state index contributed by atoms with van der Waals surface area (Å²) in [6.07, 6.45) is 4.30. The van der Waals surface area contributed by atoms with Crippen molar-refractivity contribution in [1.29, 1.82) is 0 Å². The van der Waals surface area contributed by atoms with E-state index in [0.29, 0.717) is 23.0 Å². The van der Waals surface area contributed by atoms with E-state index in [1.54, 1.807) is 23.7 Å². The summed E-state index contributed by atoms with van der Waals surface area (Å²) >= 11 is 6.41. The van der Waals surface area contributed by atoms with E-state index >= 15 is 0 Å². The van der Waals surface area contributed by atoms with Crippen LogP contribution in [0, 0.1) is 18.7 Å². The summed E-state index contributed by atoms with van der Waals surface area (Å²) in [6, 6.07) is 6.38. The molecule has 1 aromatic heterocycles. The fourth-order valence-corrected chi connectivity index (χ4v) is 3.66. The molecule has 1 fully saturated rings. The zero-order valence-electron chi connectivity index (χ0n) is 14.6. The van der Waals surface area contributed by atoms with Gasteiger partial charge in [-0.25, -0.2) is 9.07 Å². The van der Waals surface area contributed by atoms with Crippen molar-refractivity contribution in [3.63, 3.8) is 0 Å². The first-order valence-electron chi connectivity index (χ1n) is 8.72. The van der Waals surface area contributed by atoms with E-state index in [4.69, 9.17) is 11.6 Å². The quantitative estimate of drug-likeness (QED) is 0.878. The fourth-order valence-electron chi connectivity index (χ4n) is 3.34. The summed E-state index contributed by atoms with van der Waals surface area (Å²) in [4.78, 5) is 12.6. The third-order valence-corrected chi connectivity index (χ3v) is 5.27. The van der Waals surface area contributed by atoms with Gasteiger partial charge in [0.15, 0.2) is 0 Å². The van der Waals surface area contributed by atoms with E-state index in [2.05, 4.69) is 17.3 Å². The van der Waals surface area contributed by atoms with Gasteiger partial charge < -0.3 is 5.32 Å². The lowest BCUT2D eigenvalue weighted by molar-refractivity contribution is 0.0922. The topological polar surface area (TPSA) is 46.9 Å². The number of benzene rings is 1. The minimum atomic E-state index is -0.284. The highest BCUT2D eigenvalue weighted by atomic mass is 35.5. The van der Waals surface area contributed by atoms with Crippen molar-refractivity contribution in [2.75, 3.05) is 0 Å². The van der Waals surface area contributed by atoms with Crippen molar-refractivity contribution in [1.82, 2.24) is 15.1 Å². The summed E-state index contributed by atoms with van der Waals surface area (Å²) in [5, 5.41) is 7.80. The maximum Gasteiger partial charge on any atom is 0.256 e. The van der Waals surface area contributed by atoms with Gasteiger partial charge >= 0.3 is 0 Å². The summed E-state index contributed by atoms with van der Waals surface area (Å²) in [5.74, 6) is 0.290. The highest BCUT2D eigenvalue weighted by molar-refractivity contribution is 6.33. The average Bonchev–Trinajstić information content (AvgIpc) is 2.85. The molecule has 1 saturated carbocycles. The maximum atomic E-state index is 13.0. The average molecular weight is 364 g/mol. The van der Waals surface area contributed by atoms with E-state index < -0.39 is 0 Å². The number of aromatic nitrogens is 2. The molecule has 0 atom stereocenters. The van der Waals surface area contributed by atoms with Crippen LogP contribution in [0.2, 0.25) is 5.15 Å². The predicted octanol–water partition coefficient (Wildman–Crippen LogP) is 4.34. The molecule has 2 aromatic rings. The van der Waals surface area contributed by atoms with E-state index in [0.717, 1.165) is 37.2 Å². The number of hydrogen-bond acceptors (Lipinski definition) is 2. The van der Waals surface area contributed by atoms with Gasteiger partial charge in [0.05, 0.1) is 17.8 Å². The summed E-state index contributed by atoms with van der Waals surface area (Å²) in [7, 11) is 0. The molecule has 6 heteroatoms. The Kier molecular flexibility index (Phi) is 5.42. The Hall–Kier alpha value is -1.88. The number of carbonyl (C=O) groups is 1. The van der Waals surface area contributed by atoms with Gasteiger partial charge in [-0.3, -0.25) is 4.79 Å². The number of carbonyl (C=O) groups excluding carboxylic acids is 1. The number of aryl methyl sites for hydroxylation is 1. The molecule has 1 aromatic carbocycles. The van der Waals surface area contributed by atoms with Crippen molar-refractivity contribution in [2.24, 2.45) is 5.92 Å². The van der Waals surface area contributed by atoms with Crippen LogP contribution in [0.15, 0.2) is 24.3 Å². The van der Waals surface area contributed by atoms with Crippen LogP contribution in [0.1, 0.15) is 54.2 Å². The largest absolute Gasteiger partial charge is 0.349 e. The molecule has 0 bridgehead atoms. The van der Waals surface area contributed by atoms with Crippen LogP contribution in [-0.4, -0.2) is 21.7 Å². The number of amides is 1. The number of nitrogens with one attached hydrogen (secondary N) is 1. The van der Waals surface area contributed by atoms with E-state index in [1.807, 2.05) is 0 Å². The second-order valence-corrected chi connectivity index (χ2v) is 7.32. The summed E-state index contributed by atoms with van der Waals surface area (Å²) in [5.41, 5.74) is 1.91. The summed E-state index contributed by atoms with van der Waals surface area (Å²) in [6.45, 7) is 4.43. The van der Waals surface area contributed by atoms with E-state index in [9.17, 15) is 9.18 Å². The van der Waals surface area contributed by atoms with Crippen molar-refractivity contribution in [3.05, 3.63) is 52.1 Å². The van der Waals surface area contributed by atoms with Gasteiger partial charge in [0, 0.05) is 6.04 Å². The molecular weight excluding hydrogens is 341 g/mol. The minimum absolute atomic E-state index is 0.160. The van der Waals surface area contributed by atoms with Crippen LogP contribution >= 0.6 is 11.6 Å². The number of halogens is 2. The third-order valence-electron chi connectivity index (χ3n) is 4.89. The normalized spacial score (nSPS) is 20.5. The Morgan fingerprint density at radius 3 is 2.56 bits per heavy atom. The summed E-state index contributed by atoms with van der Waals surface area (Å²) < 4.78 is 14.6. The molecule has 25 heavy (non-hydrogen) atoms. The van der Waals surface area contributed by atoms with Crippen molar-refractivity contribution < 1.29 is 9.18 Å². The molecule has 1 N–H and O–H groups in total. The maximum absolute atomic E-state index is 13.0. The molecule has 0 radical (unpaired) electrons. The molecule has 0 unspecified atom stereocenters. The lowest BCUT2D eigenvalue weighted by atomic mass is 9.87. The Morgan fingerprint density at radius 2 is 1.92 bits per heavy atom. The van der Waals surface area contributed by atoms with Gasteiger partial charge in [0.25, 0.3) is 5.91 Å². The molecule has 1 aliphatic carbocycles. The van der Waals surface area contributed by atoms with Gasteiger partial charge in [0.2, 0.25) is 0 Å². The lowest BCUT2D eigenvalue weighted by Crippen LogP contribution is -2.37. The highest BCUT2D eigenvalue weighted by Crippen LogP contribution is 2.25. The molecule has 4 nitrogen and oxygen atoms in total. The first-order chi connectivity index (χ1) is 11.9. The van der Waals surface area contributed by atoms with Gasteiger partial charge in [-0.1, -0.05) is 30.7 Å². The zero-order valence-corrected chi connectivity index (χ0v) is 15.3. The van der Waals surface area contributed by atoms with E-state index in [-0.39, 0.29) is 17.8 Å². The predicted molar refractivity (Wildman–Crippen MR) is 96.4 cm³/mol. The molecule has 0 saturated heterocycles. The monoisotopic (exact) mass is 363 g/mol. The molecule has 1 heterocycles. The van der Waals surface area contributed by atoms with Crippen LogP contribution in [0.5, 0.6) is 0 Å². The van der Waals surface area contributed by atoms with Crippen LogP contribution < -0.4 is 5.32 Å². The van der Waals surface area contributed by atoms with Crippen LogP contribution in [0.3, 0.4) is 0 Å². The van der Waals surface area contributed by atoms with E-state index in [1.165, 1.54) is 12.1 Å². The second-order valence-electron chi connectivity index (χ2n) is 6.97. The Bertz CT molecular complexity index is 749. The van der Waals surface area contributed by atoms with Gasteiger partial charge in [-0.05, 0) is 56.2 Å². The van der Waals surface area contributed by atoms with Crippen LogP contribution in [-0.2, 0) is 6.54 Å². The number of rotatable bonds is 4. The van der Waals surface area contributed by atoms with Crippen molar-refractivity contribution in [3.8, 4) is 0 Å². The second kappa shape index (κ2) is 7.56. The standard InChI is InChI=1S/C19H23ClFN3O/c1-12-3-9-16(10-4-12)22-19(25)17-13(2)23-24(18(17)20)11-14-5-7-15(21)8-6-14/h5-8,12,16H,3-4,9-11H2,1-2H3,(H,22,25). The van der Waals surface area contributed by atoms with Crippen LogP contribution in [0.25, 0.3) is 0 Å². The number of hydrogen-bond donors (Lipinski definition) is 1. The minimum Gasteiger partial charge on any atom is -0.349 e. The molecule has 0 aliphatic heterocycles. The molecule has 0 spiro atoms. The molecule has 1 amide bonds. The van der Waals surface area contributed by atoms with Gasteiger partial charge in [0.1, 0.15) is 11.0 Å². The molecular formula is C19H23ClFN3O. The van der Waals surface area contributed by atoms with Crippen LogP contribution in [0.4, 0.5) is 4.39 Å². The third kappa shape index (κ3) is 4.21. The first kappa shape index (κ1) is 17.9.